The fraction of sp³-hybridized carbons (Fsp3) is 0.720. The number of hydrogen-bond acceptors (Lipinski definition) is 7. The summed E-state index contributed by atoms with van der Waals surface area (Å²) in [7, 11) is 0. The average Bonchev–Trinajstić information content (AvgIpc) is 3.25. The van der Waals surface area contributed by atoms with Crippen LogP contribution in [0.3, 0.4) is 0 Å². The van der Waals surface area contributed by atoms with Crippen molar-refractivity contribution in [2.45, 2.75) is 65.1 Å². The van der Waals surface area contributed by atoms with Crippen LogP contribution in [-0.4, -0.2) is 47.5 Å². The Balaban J connectivity index is 1.57. The first-order chi connectivity index (χ1) is 15.0. The van der Waals surface area contributed by atoms with Gasteiger partial charge in [0.2, 0.25) is 5.78 Å². The Bertz CT molecular complexity index is 956. The van der Waals surface area contributed by atoms with Crippen LogP contribution in [0.5, 0.6) is 0 Å². The molecule has 7 heteroatoms. The van der Waals surface area contributed by atoms with E-state index in [1.807, 2.05) is 6.08 Å². The van der Waals surface area contributed by atoms with E-state index in [2.05, 4.69) is 26.3 Å². The minimum Gasteiger partial charge on any atom is -0.458 e. The quantitative estimate of drug-likeness (QED) is 0.645. The summed E-state index contributed by atoms with van der Waals surface area (Å²) >= 11 is 0. The summed E-state index contributed by atoms with van der Waals surface area (Å²) in [6, 6.07) is 0. The molecule has 5 aliphatic rings. The molecule has 1 saturated heterocycles. The van der Waals surface area contributed by atoms with Crippen LogP contribution >= 0.6 is 0 Å². The monoisotopic (exact) mass is 443 g/mol. The van der Waals surface area contributed by atoms with E-state index >= 15 is 0 Å². The summed E-state index contributed by atoms with van der Waals surface area (Å²) in [5.74, 6) is -0.402. The van der Waals surface area contributed by atoms with Gasteiger partial charge in [0.1, 0.15) is 0 Å². The Morgan fingerprint density at radius 3 is 2.75 bits per heavy atom. The van der Waals surface area contributed by atoms with Gasteiger partial charge in [-0.05, 0) is 49.7 Å². The molecule has 5 rings (SSSR count). The van der Waals surface area contributed by atoms with Gasteiger partial charge < -0.3 is 9.84 Å². The maximum Gasteiger partial charge on any atom is 0.303 e. The highest BCUT2D eigenvalue weighted by molar-refractivity contribution is 6.01. The summed E-state index contributed by atoms with van der Waals surface area (Å²) in [4.78, 5) is 43.0. The van der Waals surface area contributed by atoms with Gasteiger partial charge >= 0.3 is 5.97 Å². The standard InChI is InChI=1S/C25H33NO6/c1-14(27)31-13-21(30)25-16(12-26-32-25)10-19-18-6-5-15-9-17(28)7-8-22(15,2)24(18,4)20(29)11-23(19,25)3/h7-9,16,18-20,26,29H,5-6,10-13H2,1-4H3/t16-,18-,19-,20-,22-,23-,24+,25-/m0/s1. The van der Waals surface area contributed by atoms with Gasteiger partial charge in [-0.25, -0.2) is 5.48 Å². The first-order valence-corrected chi connectivity index (χ1v) is 11.7. The maximum atomic E-state index is 13.5. The van der Waals surface area contributed by atoms with E-state index in [-0.39, 0.29) is 35.9 Å². The number of ketones is 2. The molecule has 1 heterocycles. The van der Waals surface area contributed by atoms with Crippen molar-refractivity contribution >= 4 is 17.5 Å². The fourth-order valence-electron chi connectivity index (χ4n) is 8.35. The predicted octanol–water partition coefficient (Wildman–Crippen LogP) is 2.29. The minimum atomic E-state index is -1.12. The van der Waals surface area contributed by atoms with Gasteiger partial charge in [-0.1, -0.05) is 32.4 Å². The molecule has 2 N–H and O–H groups in total. The smallest absolute Gasteiger partial charge is 0.303 e. The average molecular weight is 444 g/mol. The van der Waals surface area contributed by atoms with E-state index in [9.17, 15) is 19.5 Å². The number of fused-ring (bicyclic) bond motifs is 7. The van der Waals surface area contributed by atoms with E-state index in [4.69, 9.17) is 9.57 Å². The highest BCUT2D eigenvalue weighted by Gasteiger charge is 2.76. The van der Waals surface area contributed by atoms with Gasteiger partial charge in [0.25, 0.3) is 0 Å². The molecule has 0 spiro atoms. The fourth-order valence-corrected chi connectivity index (χ4v) is 8.35. The summed E-state index contributed by atoms with van der Waals surface area (Å²) in [5.41, 5.74) is 1.48. The number of nitrogens with one attached hydrogen (secondary N) is 1. The Hall–Kier alpha value is -1.83. The lowest BCUT2D eigenvalue weighted by atomic mass is 9.39. The lowest BCUT2D eigenvalue weighted by molar-refractivity contribution is -0.221. The minimum absolute atomic E-state index is 0.0135. The number of aliphatic hydroxyl groups excluding tert-OH is 1. The van der Waals surface area contributed by atoms with Gasteiger partial charge in [0, 0.05) is 35.6 Å². The Morgan fingerprint density at radius 2 is 2.03 bits per heavy atom. The molecular formula is C25H33NO6. The number of hydrogen-bond donors (Lipinski definition) is 2. The van der Waals surface area contributed by atoms with Crippen LogP contribution in [-0.2, 0) is 24.0 Å². The predicted molar refractivity (Wildman–Crippen MR) is 115 cm³/mol. The molecule has 0 unspecified atom stereocenters. The van der Waals surface area contributed by atoms with Gasteiger partial charge in [0.15, 0.2) is 18.0 Å². The number of Topliss-reactive ketones (excluding diaryl/α,β-unsaturated/α-hetero) is 1. The summed E-state index contributed by atoms with van der Waals surface area (Å²) < 4.78 is 5.09. The molecule has 174 valence electrons. The lowest BCUT2D eigenvalue weighted by Gasteiger charge is -2.65. The molecule has 0 amide bonds. The number of carbonyl (C=O) groups excluding carboxylic acids is 3. The van der Waals surface area contributed by atoms with E-state index < -0.39 is 33.9 Å². The molecule has 4 aliphatic carbocycles. The topological polar surface area (TPSA) is 102 Å². The third kappa shape index (κ3) is 2.45. The van der Waals surface area contributed by atoms with Crippen molar-refractivity contribution in [3.05, 3.63) is 23.8 Å². The van der Waals surface area contributed by atoms with Crippen LogP contribution in [0.1, 0.15) is 53.4 Å². The van der Waals surface area contributed by atoms with E-state index in [1.165, 1.54) is 6.92 Å². The third-order valence-corrected chi connectivity index (χ3v) is 10.1. The van der Waals surface area contributed by atoms with Crippen molar-refractivity contribution in [1.29, 1.82) is 0 Å². The third-order valence-electron chi connectivity index (χ3n) is 10.1. The van der Waals surface area contributed by atoms with E-state index in [1.54, 1.807) is 12.2 Å². The highest BCUT2D eigenvalue weighted by Crippen LogP contribution is 2.73. The van der Waals surface area contributed by atoms with Crippen LogP contribution in [0, 0.1) is 34.0 Å². The van der Waals surface area contributed by atoms with E-state index in [0.29, 0.717) is 13.0 Å². The summed E-state index contributed by atoms with van der Waals surface area (Å²) in [6.45, 7) is 7.93. The molecule has 32 heavy (non-hydrogen) atoms. The van der Waals surface area contributed by atoms with Gasteiger partial charge in [-0.3, -0.25) is 19.2 Å². The SMILES string of the molecule is CC(=O)OCC(=O)[C@@]12ONC[C@@H]1C[C@H]1[C@@H]3CCC4=CC(=O)C=C[C@]4(C)[C@@]3(C)[C@@H](O)C[C@@]12C. The van der Waals surface area contributed by atoms with Crippen molar-refractivity contribution < 1.29 is 29.1 Å². The molecule has 0 aromatic rings. The van der Waals surface area contributed by atoms with E-state index in [0.717, 1.165) is 24.8 Å². The second-order valence-corrected chi connectivity index (χ2v) is 11.1. The number of hydroxylamine groups is 1. The molecule has 7 nitrogen and oxygen atoms in total. The van der Waals surface area contributed by atoms with Crippen LogP contribution < -0.4 is 5.48 Å². The molecule has 4 fully saturated rings. The maximum absolute atomic E-state index is 13.5. The zero-order chi connectivity index (χ0) is 23.1. The van der Waals surface area contributed by atoms with Crippen molar-refractivity contribution in [3.63, 3.8) is 0 Å². The number of carbonyl (C=O) groups is 3. The molecule has 8 atom stereocenters. The van der Waals surface area contributed by atoms with Gasteiger partial charge in [-0.2, -0.15) is 0 Å². The summed E-state index contributed by atoms with van der Waals surface area (Å²) in [6.07, 6.45) is 7.62. The number of esters is 1. The number of rotatable bonds is 3. The van der Waals surface area contributed by atoms with Crippen LogP contribution in [0.25, 0.3) is 0 Å². The Kier molecular flexibility index (Phi) is 4.70. The zero-order valence-electron chi connectivity index (χ0n) is 19.3. The van der Waals surface area contributed by atoms with Gasteiger partial charge in [0.05, 0.1) is 6.10 Å². The lowest BCUT2D eigenvalue weighted by Crippen LogP contribution is -2.67. The highest BCUT2D eigenvalue weighted by atomic mass is 16.7. The molecular weight excluding hydrogens is 410 g/mol. The molecule has 0 bridgehead atoms. The second kappa shape index (κ2) is 6.84. The number of ether oxygens (including phenoxy) is 1. The second-order valence-electron chi connectivity index (χ2n) is 11.1. The molecule has 1 aliphatic heterocycles. The normalized spacial score (nSPS) is 48.9. The van der Waals surface area contributed by atoms with Crippen molar-refractivity contribution in [2.24, 2.45) is 34.0 Å². The van der Waals surface area contributed by atoms with Crippen LogP contribution in [0.2, 0.25) is 0 Å². The molecule has 3 saturated carbocycles. The number of allylic oxidation sites excluding steroid dienone is 4. The molecule has 0 radical (unpaired) electrons. The van der Waals surface area contributed by atoms with Crippen molar-refractivity contribution in [1.82, 2.24) is 5.48 Å². The van der Waals surface area contributed by atoms with Crippen LogP contribution in [0.4, 0.5) is 0 Å². The Morgan fingerprint density at radius 1 is 1.28 bits per heavy atom. The largest absolute Gasteiger partial charge is 0.458 e. The first kappa shape index (κ1) is 22.0. The number of aliphatic hydroxyl groups is 1. The zero-order valence-corrected chi connectivity index (χ0v) is 19.3. The van der Waals surface area contributed by atoms with Gasteiger partial charge in [-0.15, -0.1) is 0 Å². The van der Waals surface area contributed by atoms with Crippen molar-refractivity contribution in [3.8, 4) is 0 Å². The van der Waals surface area contributed by atoms with Crippen LogP contribution in [0.15, 0.2) is 23.8 Å². The summed E-state index contributed by atoms with van der Waals surface area (Å²) in [5, 5.41) is 11.8. The molecule has 0 aromatic heterocycles. The Labute approximate surface area is 188 Å². The first-order valence-electron chi connectivity index (χ1n) is 11.7. The molecule has 0 aromatic carbocycles. The van der Waals surface area contributed by atoms with Crippen molar-refractivity contribution in [2.75, 3.05) is 13.2 Å².